The van der Waals surface area contributed by atoms with Gasteiger partial charge in [0.15, 0.2) is 4.77 Å². The van der Waals surface area contributed by atoms with Crippen LogP contribution in [0.1, 0.15) is 5.56 Å². The fourth-order valence-corrected chi connectivity index (χ4v) is 3.10. The number of halogens is 1. The van der Waals surface area contributed by atoms with Crippen molar-refractivity contribution in [2.45, 2.75) is 6.92 Å². The van der Waals surface area contributed by atoms with Gasteiger partial charge in [-0.3, -0.25) is 4.57 Å². The summed E-state index contributed by atoms with van der Waals surface area (Å²) < 4.78 is 9.34. The van der Waals surface area contributed by atoms with E-state index in [0.717, 1.165) is 22.5 Å². The Bertz CT molecular complexity index is 851. The molecule has 1 heterocycles. The Labute approximate surface area is 135 Å². The molecule has 2 aromatic carbocycles. The maximum atomic E-state index is 5.48. The lowest BCUT2D eigenvalue weighted by Gasteiger charge is -2.11. The number of aromatic nitrogens is 2. The van der Waals surface area contributed by atoms with E-state index in [1.807, 2.05) is 16.7 Å². The number of methoxy groups -OCH3 is 1. The van der Waals surface area contributed by atoms with Gasteiger partial charge in [0.05, 0.1) is 23.8 Å². The van der Waals surface area contributed by atoms with Crippen LogP contribution in [0.25, 0.3) is 16.7 Å². The first kappa shape index (κ1) is 13.6. The minimum atomic E-state index is 0.672. The molecule has 1 aromatic heterocycles. The van der Waals surface area contributed by atoms with Crippen LogP contribution in [0.2, 0.25) is 0 Å². The van der Waals surface area contributed by atoms with Gasteiger partial charge in [0.25, 0.3) is 0 Å². The quantitative estimate of drug-likeness (QED) is 0.507. The van der Waals surface area contributed by atoms with Crippen LogP contribution >= 0.6 is 34.8 Å². The zero-order valence-electron chi connectivity index (χ0n) is 11.1. The second-order valence-corrected chi connectivity index (χ2v) is 6.23. The molecule has 0 unspecified atom stereocenters. The van der Waals surface area contributed by atoms with E-state index in [0.29, 0.717) is 4.77 Å². The monoisotopic (exact) mass is 396 g/mol. The largest absolute Gasteiger partial charge is 0.495 e. The fraction of sp³-hybridized carbons (Fsp3) is 0.133. The SMILES string of the molecule is COc1ccc(C)cc1-n1c(=S)[nH]c2cc(I)ccc21. The first-order valence-corrected chi connectivity index (χ1v) is 7.64. The second kappa shape index (κ2) is 5.21. The molecule has 0 atom stereocenters. The van der Waals surface area contributed by atoms with E-state index in [2.05, 4.69) is 58.8 Å². The number of fused-ring (bicyclic) bond motifs is 1. The molecule has 0 aliphatic rings. The predicted molar refractivity (Wildman–Crippen MR) is 92.5 cm³/mol. The van der Waals surface area contributed by atoms with Gasteiger partial charge in [0, 0.05) is 3.57 Å². The number of hydrogen-bond acceptors (Lipinski definition) is 2. The van der Waals surface area contributed by atoms with Gasteiger partial charge >= 0.3 is 0 Å². The number of nitrogens with zero attached hydrogens (tertiary/aromatic N) is 1. The van der Waals surface area contributed by atoms with Crippen LogP contribution in [0.5, 0.6) is 5.75 Å². The molecule has 0 aliphatic carbocycles. The average molecular weight is 396 g/mol. The van der Waals surface area contributed by atoms with E-state index >= 15 is 0 Å². The Morgan fingerprint density at radius 3 is 2.75 bits per heavy atom. The number of H-pyrrole nitrogens is 1. The summed E-state index contributed by atoms with van der Waals surface area (Å²) in [6, 6.07) is 12.3. The number of aryl methyl sites for hydroxylation is 1. The van der Waals surface area contributed by atoms with Crippen LogP contribution in [0.4, 0.5) is 0 Å². The third-order valence-corrected chi connectivity index (χ3v) is 4.18. The maximum absolute atomic E-state index is 5.48. The van der Waals surface area contributed by atoms with Crippen molar-refractivity contribution < 1.29 is 4.74 Å². The van der Waals surface area contributed by atoms with E-state index < -0.39 is 0 Å². The lowest BCUT2D eigenvalue weighted by Crippen LogP contribution is -1.98. The minimum absolute atomic E-state index is 0.672. The number of imidazole rings is 1. The highest BCUT2D eigenvalue weighted by molar-refractivity contribution is 14.1. The number of hydrogen-bond donors (Lipinski definition) is 1. The molecule has 3 rings (SSSR count). The molecule has 0 saturated heterocycles. The molecule has 0 fully saturated rings. The lowest BCUT2D eigenvalue weighted by atomic mass is 10.2. The molecule has 0 spiro atoms. The Kier molecular flexibility index (Phi) is 3.55. The van der Waals surface area contributed by atoms with Gasteiger partial charge in [0.2, 0.25) is 0 Å². The van der Waals surface area contributed by atoms with Crippen LogP contribution in [-0.2, 0) is 0 Å². The summed E-state index contributed by atoms with van der Waals surface area (Å²) in [6.07, 6.45) is 0. The van der Waals surface area contributed by atoms with Crippen molar-refractivity contribution in [2.24, 2.45) is 0 Å². The molecule has 102 valence electrons. The summed E-state index contributed by atoms with van der Waals surface area (Å²) in [7, 11) is 1.68. The molecular weight excluding hydrogens is 383 g/mol. The third kappa shape index (κ3) is 2.25. The summed E-state index contributed by atoms with van der Waals surface area (Å²) in [6.45, 7) is 2.06. The highest BCUT2D eigenvalue weighted by Crippen LogP contribution is 2.28. The maximum Gasteiger partial charge on any atom is 0.182 e. The summed E-state index contributed by atoms with van der Waals surface area (Å²) in [5.41, 5.74) is 4.22. The lowest BCUT2D eigenvalue weighted by molar-refractivity contribution is 0.413. The van der Waals surface area contributed by atoms with Crippen LogP contribution in [0, 0.1) is 15.3 Å². The van der Waals surface area contributed by atoms with E-state index in [9.17, 15) is 0 Å². The van der Waals surface area contributed by atoms with Gasteiger partial charge in [0.1, 0.15) is 5.75 Å². The van der Waals surface area contributed by atoms with E-state index in [4.69, 9.17) is 17.0 Å². The summed E-state index contributed by atoms with van der Waals surface area (Å²) in [5, 5.41) is 0. The van der Waals surface area contributed by atoms with E-state index in [1.165, 1.54) is 9.13 Å². The Morgan fingerprint density at radius 1 is 1.20 bits per heavy atom. The van der Waals surface area contributed by atoms with Gasteiger partial charge in [-0.15, -0.1) is 0 Å². The molecule has 0 bridgehead atoms. The molecule has 5 heteroatoms. The van der Waals surface area contributed by atoms with Crippen molar-refractivity contribution in [1.82, 2.24) is 9.55 Å². The number of rotatable bonds is 2. The van der Waals surface area contributed by atoms with E-state index in [-0.39, 0.29) is 0 Å². The Balaban J connectivity index is 2.37. The molecule has 0 radical (unpaired) electrons. The number of nitrogens with one attached hydrogen (secondary N) is 1. The van der Waals surface area contributed by atoms with Crippen molar-refractivity contribution in [1.29, 1.82) is 0 Å². The molecule has 3 nitrogen and oxygen atoms in total. The Morgan fingerprint density at radius 2 is 2.00 bits per heavy atom. The molecule has 0 amide bonds. The normalized spacial score (nSPS) is 10.9. The van der Waals surface area contributed by atoms with Crippen LogP contribution in [0.15, 0.2) is 36.4 Å². The first-order valence-electron chi connectivity index (χ1n) is 6.15. The van der Waals surface area contributed by atoms with E-state index in [1.54, 1.807) is 7.11 Å². The molecule has 0 saturated carbocycles. The standard InChI is InChI=1S/C15H13IN2OS/c1-9-3-6-14(19-2)13(7-9)18-12-5-4-10(16)8-11(12)17-15(18)20/h3-8H,1-2H3,(H,17,20). The van der Waals surface area contributed by atoms with Gasteiger partial charge < -0.3 is 9.72 Å². The van der Waals surface area contributed by atoms with Crippen molar-refractivity contribution in [3.8, 4) is 11.4 Å². The molecule has 0 aliphatic heterocycles. The first-order chi connectivity index (χ1) is 9.60. The van der Waals surface area contributed by atoms with Gasteiger partial charge in [-0.2, -0.15) is 0 Å². The van der Waals surface area contributed by atoms with Crippen molar-refractivity contribution in [3.63, 3.8) is 0 Å². The average Bonchev–Trinajstić information content (AvgIpc) is 2.73. The summed E-state index contributed by atoms with van der Waals surface area (Å²) >= 11 is 7.77. The molecule has 20 heavy (non-hydrogen) atoms. The van der Waals surface area contributed by atoms with Gasteiger partial charge in [-0.25, -0.2) is 0 Å². The third-order valence-electron chi connectivity index (χ3n) is 3.22. The second-order valence-electron chi connectivity index (χ2n) is 4.60. The van der Waals surface area contributed by atoms with Gasteiger partial charge in [-0.05, 0) is 77.6 Å². The fourth-order valence-electron chi connectivity index (χ4n) is 2.30. The molecular formula is C15H13IN2OS. The Hall–Kier alpha value is -1.34. The minimum Gasteiger partial charge on any atom is -0.495 e. The highest BCUT2D eigenvalue weighted by Gasteiger charge is 2.11. The number of aromatic amines is 1. The van der Waals surface area contributed by atoms with Crippen LogP contribution in [-0.4, -0.2) is 16.7 Å². The topological polar surface area (TPSA) is 29.9 Å². The van der Waals surface area contributed by atoms with Crippen LogP contribution in [0.3, 0.4) is 0 Å². The number of ether oxygens (including phenoxy) is 1. The van der Waals surface area contributed by atoms with Crippen molar-refractivity contribution >= 4 is 45.8 Å². The number of benzene rings is 2. The van der Waals surface area contributed by atoms with Crippen molar-refractivity contribution in [3.05, 3.63) is 50.3 Å². The highest BCUT2D eigenvalue weighted by atomic mass is 127. The molecule has 3 aromatic rings. The summed E-state index contributed by atoms with van der Waals surface area (Å²) in [4.78, 5) is 3.25. The zero-order valence-corrected chi connectivity index (χ0v) is 14.1. The summed E-state index contributed by atoms with van der Waals surface area (Å²) in [5.74, 6) is 0.811. The predicted octanol–water partition coefficient (Wildman–Crippen LogP) is 4.61. The molecule has 1 N–H and O–H groups in total. The van der Waals surface area contributed by atoms with Crippen molar-refractivity contribution in [2.75, 3.05) is 7.11 Å². The van der Waals surface area contributed by atoms with Crippen LogP contribution < -0.4 is 4.74 Å². The zero-order chi connectivity index (χ0) is 14.3. The smallest absolute Gasteiger partial charge is 0.182 e. The van der Waals surface area contributed by atoms with Gasteiger partial charge in [-0.1, -0.05) is 6.07 Å².